The number of imidazole rings is 1. The summed E-state index contributed by atoms with van der Waals surface area (Å²) in [5, 5.41) is 9.20. The zero-order valence-electron chi connectivity index (χ0n) is 16.6. The summed E-state index contributed by atoms with van der Waals surface area (Å²) in [6, 6.07) is 6.42. The van der Waals surface area contributed by atoms with Crippen LogP contribution in [0, 0.1) is 6.92 Å². The standard InChI is InChI=1S/C20H32N2O2Si/c1-15-21-17-14-16(11-12-18(17)22(15)5)19(10-8-9-13-23)24-25(6,7)20(2,3)4/h8-9,11-12,14,19,23H,10,13H2,1-7H3/b9-8+/t19-/m0/s1. The van der Waals surface area contributed by atoms with E-state index in [1.165, 1.54) is 0 Å². The van der Waals surface area contributed by atoms with E-state index in [4.69, 9.17) is 9.53 Å². The van der Waals surface area contributed by atoms with Crippen molar-refractivity contribution in [2.24, 2.45) is 7.05 Å². The zero-order valence-corrected chi connectivity index (χ0v) is 17.6. The highest BCUT2D eigenvalue weighted by Gasteiger charge is 2.39. The molecule has 0 bridgehead atoms. The van der Waals surface area contributed by atoms with E-state index in [0.717, 1.165) is 28.8 Å². The molecule has 1 aromatic carbocycles. The fourth-order valence-electron chi connectivity index (χ4n) is 2.62. The highest BCUT2D eigenvalue weighted by Crippen LogP contribution is 2.41. The SMILES string of the molecule is Cc1nc2cc([C@H](C/C=C/CO)O[Si](C)(C)C(C)(C)C)ccc2n1C. The molecule has 0 aliphatic rings. The predicted octanol–water partition coefficient (Wildman–Crippen LogP) is 4.88. The van der Waals surface area contributed by atoms with Crippen LogP contribution in [0.3, 0.4) is 0 Å². The Bertz CT molecular complexity index is 757. The van der Waals surface area contributed by atoms with Crippen LogP contribution in [0.25, 0.3) is 11.0 Å². The summed E-state index contributed by atoms with van der Waals surface area (Å²) in [6.07, 6.45) is 4.53. The number of benzene rings is 1. The van der Waals surface area contributed by atoms with Crippen molar-refractivity contribution in [3.05, 3.63) is 41.7 Å². The minimum absolute atomic E-state index is 0.0181. The van der Waals surface area contributed by atoms with Crippen molar-refractivity contribution >= 4 is 19.4 Å². The number of aromatic nitrogens is 2. The number of aliphatic hydroxyl groups excluding tert-OH is 1. The van der Waals surface area contributed by atoms with Gasteiger partial charge >= 0.3 is 0 Å². The lowest BCUT2D eigenvalue weighted by Crippen LogP contribution is -2.41. The van der Waals surface area contributed by atoms with E-state index in [1.807, 2.05) is 20.0 Å². The van der Waals surface area contributed by atoms with Gasteiger partial charge in [-0.15, -0.1) is 0 Å². The molecule has 25 heavy (non-hydrogen) atoms. The summed E-state index contributed by atoms with van der Waals surface area (Å²) in [7, 11) is 0.133. The topological polar surface area (TPSA) is 47.3 Å². The molecule has 2 aromatic rings. The Morgan fingerprint density at radius 3 is 2.56 bits per heavy atom. The molecule has 0 fully saturated rings. The number of fused-ring (bicyclic) bond motifs is 1. The summed E-state index contributed by atoms with van der Waals surface area (Å²) in [5.74, 6) is 1.01. The first-order valence-corrected chi connectivity index (χ1v) is 11.8. The molecule has 0 aliphatic heterocycles. The average Bonchev–Trinajstić information content (AvgIpc) is 2.79. The highest BCUT2D eigenvalue weighted by atomic mass is 28.4. The fourth-order valence-corrected chi connectivity index (χ4v) is 3.91. The van der Waals surface area contributed by atoms with Crippen molar-refractivity contribution in [1.82, 2.24) is 9.55 Å². The lowest BCUT2D eigenvalue weighted by Gasteiger charge is -2.39. The van der Waals surface area contributed by atoms with Crippen LogP contribution in [-0.2, 0) is 11.5 Å². The van der Waals surface area contributed by atoms with E-state index in [1.54, 1.807) is 6.08 Å². The van der Waals surface area contributed by atoms with Crippen LogP contribution < -0.4 is 0 Å². The van der Waals surface area contributed by atoms with Crippen molar-refractivity contribution in [1.29, 1.82) is 0 Å². The molecule has 0 amide bonds. The minimum Gasteiger partial charge on any atom is -0.410 e. The third-order valence-electron chi connectivity index (χ3n) is 5.37. The van der Waals surface area contributed by atoms with Crippen molar-refractivity contribution in [3.8, 4) is 0 Å². The van der Waals surface area contributed by atoms with Gasteiger partial charge < -0.3 is 14.1 Å². The molecule has 0 aliphatic carbocycles. The van der Waals surface area contributed by atoms with Crippen LogP contribution in [-0.4, -0.2) is 29.6 Å². The Morgan fingerprint density at radius 1 is 1.28 bits per heavy atom. The maximum absolute atomic E-state index is 9.05. The number of aryl methyl sites for hydroxylation is 2. The quantitative estimate of drug-likeness (QED) is 0.590. The van der Waals surface area contributed by atoms with Gasteiger partial charge in [0.15, 0.2) is 8.32 Å². The average molecular weight is 361 g/mol. The Kier molecular flexibility index (Phi) is 5.92. The zero-order chi connectivity index (χ0) is 18.8. The van der Waals surface area contributed by atoms with Crippen molar-refractivity contribution in [3.63, 3.8) is 0 Å². The maximum Gasteiger partial charge on any atom is 0.192 e. The molecule has 1 aromatic heterocycles. The Morgan fingerprint density at radius 2 is 1.96 bits per heavy atom. The summed E-state index contributed by atoms with van der Waals surface area (Å²) in [4.78, 5) is 4.66. The molecule has 0 saturated carbocycles. The molecule has 5 heteroatoms. The van der Waals surface area contributed by atoms with E-state index < -0.39 is 8.32 Å². The van der Waals surface area contributed by atoms with Crippen molar-refractivity contribution in [2.75, 3.05) is 6.61 Å². The van der Waals surface area contributed by atoms with Crippen molar-refractivity contribution < 1.29 is 9.53 Å². The molecule has 1 atom stereocenters. The Hall–Kier alpha value is -1.43. The smallest absolute Gasteiger partial charge is 0.192 e. The van der Waals surface area contributed by atoms with Crippen LogP contribution >= 0.6 is 0 Å². The largest absolute Gasteiger partial charge is 0.410 e. The number of hydrogen-bond donors (Lipinski definition) is 1. The number of hydrogen-bond acceptors (Lipinski definition) is 3. The third-order valence-corrected chi connectivity index (χ3v) is 9.85. The number of rotatable bonds is 6. The van der Waals surface area contributed by atoms with Crippen LogP contribution in [0.5, 0.6) is 0 Å². The molecular weight excluding hydrogens is 328 g/mol. The maximum atomic E-state index is 9.05. The van der Waals surface area contributed by atoms with Gasteiger partial charge in [0.05, 0.1) is 23.7 Å². The molecule has 0 radical (unpaired) electrons. The second-order valence-electron chi connectivity index (χ2n) is 8.22. The van der Waals surface area contributed by atoms with E-state index in [-0.39, 0.29) is 17.7 Å². The molecule has 1 N–H and O–H groups in total. The lowest BCUT2D eigenvalue weighted by atomic mass is 10.1. The summed E-state index contributed by atoms with van der Waals surface area (Å²) in [5.41, 5.74) is 3.30. The van der Waals surface area contributed by atoms with Gasteiger partial charge in [-0.1, -0.05) is 39.0 Å². The second-order valence-corrected chi connectivity index (χ2v) is 13.0. The van der Waals surface area contributed by atoms with Gasteiger partial charge in [-0.05, 0) is 49.2 Å². The third kappa shape index (κ3) is 4.40. The number of aliphatic hydroxyl groups is 1. The van der Waals surface area contributed by atoms with Gasteiger partial charge in [0, 0.05) is 7.05 Å². The second kappa shape index (κ2) is 7.44. The monoisotopic (exact) mass is 360 g/mol. The van der Waals surface area contributed by atoms with Gasteiger partial charge in [-0.2, -0.15) is 0 Å². The van der Waals surface area contributed by atoms with Gasteiger partial charge in [-0.3, -0.25) is 0 Å². The van der Waals surface area contributed by atoms with E-state index >= 15 is 0 Å². The first-order chi connectivity index (χ1) is 11.6. The normalized spacial score (nSPS) is 14.6. The summed E-state index contributed by atoms with van der Waals surface area (Å²) >= 11 is 0. The molecule has 2 rings (SSSR count). The molecule has 138 valence electrons. The number of nitrogens with zero attached hydrogens (tertiary/aromatic N) is 2. The molecule has 0 saturated heterocycles. The predicted molar refractivity (Wildman–Crippen MR) is 107 cm³/mol. The lowest BCUT2D eigenvalue weighted by molar-refractivity contribution is 0.186. The van der Waals surface area contributed by atoms with Gasteiger partial charge in [-0.25, -0.2) is 4.98 Å². The highest BCUT2D eigenvalue weighted by molar-refractivity contribution is 6.74. The van der Waals surface area contributed by atoms with Gasteiger partial charge in [0.1, 0.15) is 5.82 Å². The first-order valence-electron chi connectivity index (χ1n) is 8.93. The Balaban J connectivity index is 2.39. The van der Waals surface area contributed by atoms with Crippen LogP contribution in [0.2, 0.25) is 18.1 Å². The molecule has 0 unspecified atom stereocenters. The molecular formula is C20H32N2O2Si. The molecule has 0 spiro atoms. The van der Waals surface area contributed by atoms with Gasteiger partial charge in [0.25, 0.3) is 0 Å². The molecule has 1 heterocycles. The minimum atomic E-state index is -1.91. The van der Waals surface area contributed by atoms with Gasteiger partial charge in [0.2, 0.25) is 0 Å². The van der Waals surface area contributed by atoms with E-state index in [9.17, 15) is 0 Å². The van der Waals surface area contributed by atoms with Crippen LogP contribution in [0.15, 0.2) is 30.4 Å². The van der Waals surface area contributed by atoms with E-state index in [2.05, 4.69) is 61.6 Å². The van der Waals surface area contributed by atoms with Crippen LogP contribution in [0.4, 0.5) is 0 Å². The molecule has 4 nitrogen and oxygen atoms in total. The van der Waals surface area contributed by atoms with Crippen molar-refractivity contribution in [2.45, 2.75) is 58.4 Å². The summed E-state index contributed by atoms with van der Waals surface area (Å²) in [6.45, 7) is 13.4. The first kappa shape index (κ1) is 19.9. The fraction of sp³-hybridized carbons (Fsp3) is 0.550. The van der Waals surface area contributed by atoms with Crippen LogP contribution in [0.1, 0.15) is 44.7 Å². The van der Waals surface area contributed by atoms with E-state index in [0.29, 0.717) is 0 Å². The summed E-state index contributed by atoms with van der Waals surface area (Å²) < 4.78 is 8.80. The Labute approximate surface area is 152 Å².